The van der Waals surface area contributed by atoms with E-state index in [-0.39, 0.29) is 11.8 Å². The fourth-order valence-corrected chi connectivity index (χ4v) is 2.30. The van der Waals surface area contributed by atoms with E-state index in [1.54, 1.807) is 13.8 Å². The minimum Gasteiger partial charge on any atom is -0.466 e. The van der Waals surface area contributed by atoms with Gasteiger partial charge in [-0.3, -0.25) is 4.79 Å². The van der Waals surface area contributed by atoms with Crippen LogP contribution in [0, 0.1) is 19.7 Å². The zero-order valence-corrected chi connectivity index (χ0v) is 13.3. The molecule has 0 aliphatic carbocycles. The van der Waals surface area contributed by atoms with Gasteiger partial charge in [0.15, 0.2) is 0 Å². The summed E-state index contributed by atoms with van der Waals surface area (Å²) in [6.45, 7) is 7.51. The van der Waals surface area contributed by atoms with Gasteiger partial charge < -0.3 is 10.1 Å². The van der Waals surface area contributed by atoms with Crippen molar-refractivity contribution in [3.63, 3.8) is 0 Å². The molecule has 3 nitrogen and oxygen atoms in total. The van der Waals surface area contributed by atoms with Gasteiger partial charge in [-0.15, -0.1) is 0 Å². The first-order valence-corrected chi connectivity index (χ1v) is 7.66. The Morgan fingerprint density at radius 1 is 1.19 bits per heavy atom. The topological polar surface area (TPSA) is 38.3 Å². The third-order valence-corrected chi connectivity index (χ3v) is 3.37. The Morgan fingerprint density at radius 3 is 2.48 bits per heavy atom. The van der Waals surface area contributed by atoms with Crippen LogP contribution in [0.5, 0.6) is 0 Å². The van der Waals surface area contributed by atoms with Crippen LogP contribution in [0.1, 0.15) is 49.3 Å². The van der Waals surface area contributed by atoms with E-state index in [2.05, 4.69) is 5.32 Å². The van der Waals surface area contributed by atoms with Crippen molar-refractivity contribution in [2.45, 2.75) is 53.0 Å². The number of aryl methyl sites for hydroxylation is 2. The number of rotatable bonds is 9. The summed E-state index contributed by atoms with van der Waals surface area (Å²) in [5, 5.41) is 3.35. The van der Waals surface area contributed by atoms with E-state index in [0.717, 1.165) is 37.9 Å². The Hall–Kier alpha value is -1.42. The summed E-state index contributed by atoms with van der Waals surface area (Å²) < 4.78 is 18.4. The second-order valence-electron chi connectivity index (χ2n) is 5.34. The molecule has 1 N–H and O–H groups in total. The van der Waals surface area contributed by atoms with Crippen molar-refractivity contribution >= 4 is 5.97 Å². The maximum atomic E-state index is 13.5. The minimum absolute atomic E-state index is 0.109. The van der Waals surface area contributed by atoms with Gasteiger partial charge in [-0.2, -0.15) is 0 Å². The molecular weight excluding hydrogens is 269 g/mol. The van der Waals surface area contributed by atoms with Gasteiger partial charge in [0, 0.05) is 13.0 Å². The molecule has 0 bridgehead atoms. The molecule has 0 aliphatic heterocycles. The molecule has 0 spiro atoms. The van der Waals surface area contributed by atoms with E-state index in [1.165, 1.54) is 0 Å². The fraction of sp³-hybridized carbons (Fsp3) is 0.588. The van der Waals surface area contributed by atoms with Crippen LogP contribution in [0.2, 0.25) is 0 Å². The average molecular weight is 295 g/mol. The first-order chi connectivity index (χ1) is 10.0. The summed E-state index contributed by atoms with van der Waals surface area (Å²) in [7, 11) is 0. The molecule has 0 atom stereocenters. The highest BCUT2D eigenvalue weighted by Crippen LogP contribution is 2.14. The molecule has 0 aliphatic rings. The molecule has 1 aromatic carbocycles. The van der Waals surface area contributed by atoms with Crippen molar-refractivity contribution in [3.05, 3.63) is 34.6 Å². The van der Waals surface area contributed by atoms with Gasteiger partial charge in [0.2, 0.25) is 0 Å². The van der Waals surface area contributed by atoms with E-state index >= 15 is 0 Å². The Kier molecular flexibility index (Phi) is 7.98. The standard InChI is InChI=1S/C17H26FNO2/c1-4-21-16(20)8-6-5-7-9-19-12-15-10-13(2)17(18)14(3)11-15/h10-11,19H,4-9,12H2,1-3H3. The zero-order chi connectivity index (χ0) is 15.7. The molecule has 0 saturated carbocycles. The number of halogens is 1. The van der Waals surface area contributed by atoms with E-state index in [9.17, 15) is 9.18 Å². The lowest BCUT2D eigenvalue weighted by Crippen LogP contribution is -2.15. The van der Waals surface area contributed by atoms with Crippen LogP contribution in [-0.4, -0.2) is 19.1 Å². The van der Waals surface area contributed by atoms with Crippen LogP contribution < -0.4 is 5.32 Å². The van der Waals surface area contributed by atoms with Gasteiger partial charge >= 0.3 is 5.97 Å². The number of esters is 1. The Bertz CT molecular complexity index is 437. The molecule has 0 unspecified atom stereocenters. The quantitative estimate of drug-likeness (QED) is 0.558. The van der Waals surface area contributed by atoms with Crippen LogP contribution in [0.15, 0.2) is 12.1 Å². The molecule has 0 saturated heterocycles. The molecule has 0 aromatic heterocycles. The highest BCUT2D eigenvalue weighted by atomic mass is 19.1. The van der Waals surface area contributed by atoms with Crippen molar-refractivity contribution in [2.75, 3.05) is 13.2 Å². The van der Waals surface area contributed by atoms with Gasteiger partial charge in [0.25, 0.3) is 0 Å². The predicted molar refractivity (Wildman–Crippen MR) is 82.7 cm³/mol. The number of carbonyl (C=O) groups is 1. The predicted octanol–water partition coefficient (Wildman–Crippen LogP) is 3.66. The van der Waals surface area contributed by atoms with Crippen LogP contribution in [0.25, 0.3) is 0 Å². The second kappa shape index (κ2) is 9.50. The van der Waals surface area contributed by atoms with E-state index in [4.69, 9.17) is 4.74 Å². The number of carbonyl (C=O) groups excluding carboxylic acids is 1. The average Bonchev–Trinajstić information content (AvgIpc) is 2.44. The monoisotopic (exact) mass is 295 g/mol. The smallest absolute Gasteiger partial charge is 0.305 e. The molecule has 21 heavy (non-hydrogen) atoms. The Labute approximate surface area is 126 Å². The first kappa shape index (κ1) is 17.6. The summed E-state index contributed by atoms with van der Waals surface area (Å²) in [5.74, 6) is -0.222. The summed E-state index contributed by atoms with van der Waals surface area (Å²) in [5.41, 5.74) is 2.50. The van der Waals surface area contributed by atoms with E-state index in [0.29, 0.717) is 24.2 Å². The van der Waals surface area contributed by atoms with Gasteiger partial charge in [0.1, 0.15) is 5.82 Å². The summed E-state index contributed by atoms with van der Waals surface area (Å²) in [6, 6.07) is 3.77. The van der Waals surface area contributed by atoms with E-state index in [1.807, 2.05) is 19.1 Å². The summed E-state index contributed by atoms with van der Waals surface area (Å²) in [6.07, 6.45) is 3.41. The first-order valence-electron chi connectivity index (χ1n) is 7.66. The van der Waals surface area contributed by atoms with Crippen molar-refractivity contribution in [1.82, 2.24) is 5.32 Å². The Balaban J connectivity index is 2.13. The third kappa shape index (κ3) is 6.71. The molecule has 0 fully saturated rings. The maximum absolute atomic E-state index is 13.5. The lowest BCUT2D eigenvalue weighted by atomic mass is 10.1. The molecule has 0 heterocycles. The molecule has 4 heteroatoms. The maximum Gasteiger partial charge on any atom is 0.305 e. The van der Waals surface area contributed by atoms with Gasteiger partial charge in [-0.05, 0) is 56.8 Å². The van der Waals surface area contributed by atoms with Crippen molar-refractivity contribution in [2.24, 2.45) is 0 Å². The summed E-state index contributed by atoms with van der Waals surface area (Å²) in [4.78, 5) is 11.1. The SMILES string of the molecule is CCOC(=O)CCCCCNCc1cc(C)c(F)c(C)c1. The van der Waals surface area contributed by atoms with Gasteiger partial charge in [0.05, 0.1) is 6.61 Å². The number of hydrogen-bond acceptors (Lipinski definition) is 3. The summed E-state index contributed by atoms with van der Waals surface area (Å²) >= 11 is 0. The van der Waals surface area contributed by atoms with Crippen molar-refractivity contribution < 1.29 is 13.9 Å². The number of ether oxygens (including phenoxy) is 1. The zero-order valence-electron chi connectivity index (χ0n) is 13.3. The molecule has 118 valence electrons. The number of benzene rings is 1. The largest absolute Gasteiger partial charge is 0.466 e. The van der Waals surface area contributed by atoms with Gasteiger partial charge in [-0.25, -0.2) is 4.39 Å². The Morgan fingerprint density at radius 2 is 1.86 bits per heavy atom. The van der Waals surface area contributed by atoms with Crippen LogP contribution in [-0.2, 0) is 16.1 Å². The number of nitrogens with one attached hydrogen (secondary N) is 1. The molecule has 1 rings (SSSR count). The van der Waals surface area contributed by atoms with Crippen LogP contribution in [0.3, 0.4) is 0 Å². The lowest BCUT2D eigenvalue weighted by Gasteiger charge is -2.08. The minimum atomic E-state index is -0.113. The fourth-order valence-electron chi connectivity index (χ4n) is 2.30. The molecule has 0 radical (unpaired) electrons. The normalized spacial score (nSPS) is 10.7. The lowest BCUT2D eigenvalue weighted by molar-refractivity contribution is -0.143. The third-order valence-electron chi connectivity index (χ3n) is 3.37. The number of unbranched alkanes of at least 4 members (excludes halogenated alkanes) is 2. The highest BCUT2D eigenvalue weighted by molar-refractivity contribution is 5.69. The highest BCUT2D eigenvalue weighted by Gasteiger charge is 2.04. The molecular formula is C17H26FNO2. The van der Waals surface area contributed by atoms with Crippen LogP contribution >= 0.6 is 0 Å². The van der Waals surface area contributed by atoms with Gasteiger partial charge in [-0.1, -0.05) is 18.6 Å². The van der Waals surface area contributed by atoms with E-state index < -0.39 is 0 Å². The number of hydrogen-bond donors (Lipinski definition) is 1. The van der Waals surface area contributed by atoms with Crippen molar-refractivity contribution in [3.8, 4) is 0 Å². The molecule has 1 aromatic rings. The second-order valence-corrected chi connectivity index (χ2v) is 5.34. The van der Waals surface area contributed by atoms with Crippen molar-refractivity contribution in [1.29, 1.82) is 0 Å². The molecule has 0 amide bonds. The van der Waals surface area contributed by atoms with Crippen LogP contribution in [0.4, 0.5) is 4.39 Å².